The van der Waals surface area contributed by atoms with Crippen LogP contribution in [-0.4, -0.2) is 51.7 Å². The molecule has 198 valence electrons. The molecule has 0 heterocycles. The van der Waals surface area contributed by atoms with E-state index in [2.05, 4.69) is 33.0 Å². The summed E-state index contributed by atoms with van der Waals surface area (Å²) in [6.07, 6.45) is 3.07. The Hall–Kier alpha value is -2.18. The maximum Gasteiger partial charge on any atom is 0.516 e. The zero-order valence-corrected chi connectivity index (χ0v) is 22.7. The van der Waals surface area contributed by atoms with Gasteiger partial charge in [0.1, 0.15) is 36.6 Å². The summed E-state index contributed by atoms with van der Waals surface area (Å²) in [5, 5.41) is 22.3. The Kier molecular flexibility index (Phi) is 9.76. The maximum absolute atomic E-state index is 12.4. The number of benzene rings is 2. The van der Waals surface area contributed by atoms with Crippen molar-refractivity contribution in [1.82, 2.24) is 5.32 Å². The number of β-amino-alcohol motifs (C(OH)–C–C–N with tert-alkyl or cyclic N) is 1. The summed E-state index contributed by atoms with van der Waals surface area (Å²) in [6.45, 7) is 9.07. The molecule has 8 heteroatoms. The van der Waals surface area contributed by atoms with Gasteiger partial charge in [-0.05, 0) is 79.6 Å². The SMILES string of the molecule is CC1CCCC(C)C1(COc1ccc(CC(C)(C)NCC(O)COc2ccc(O)cc2)cc1)[P+](=O)O. The Morgan fingerprint density at radius 2 is 1.58 bits per heavy atom. The van der Waals surface area contributed by atoms with Gasteiger partial charge in [0.15, 0.2) is 0 Å². The molecule has 4 N–H and O–H groups in total. The summed E-state index contributed by atoms with van der Waals surface area (Å²) in [5.41, 5.74) is 0.866. The fraction of sp³-hybridized carbons (Fsp3) is 0.571. The molecule has 36 heavy (non-hydrogen) atoms. The highest BCUT2D eigenvalue weighted by Gasteiger charge is 2.59. The highest BCUT2D eigenvalue weighted by molar-refractivity contribution is 7.40. The predicted octanol–water partition coefficient (Wildman–Crippen LogP) is 5.05. The fourth-order valence-electron chi connectivity index (χ4n) is 5.10. The number of ether oxygens (including phenoxy) is 2. The first-order valence-electron chi connectivity index (χ1n) is 12.7. The Bertz CT molecular complexity index is 969. The van der Waals surface area contributed by atoms with Gasteiger partial charge in [-0.2, -0.15) is 4.89 Å². The molecule has 1 fully saturated rings. The van der Waals surface area contributed by atoms with Crippen LogP contribution in [0.1, 0.15) is 52.5 Å². The minimum atomic E-state index is -2.35. The van der Waals surface area contributed by atoms with Gasteiger partial charge >= 0.3 is 8.03 Å². The number of hydrogen-bond acceptors (Lipinski definition) is 6. The van der Waals surface area contributed by atoms with Crippen LogP contribution >= 0.6 is 8.03 Å². The standard InChI is InChI=1S/C28H40NO6P/c1-20-6-5-7-21(2)28(20,36(32)33)19-35-26-12-8-22(9-13-26)16-27(3,4)29-17-24(31)18-34-25-14-10-23(30)11-15-25/h8-15,20-21,24,29,31H,5-7,16-19H2,1-4H3,(H-,30,32,33)/p+1. The molecule has 0 radical (unpaired) electrons. The van der Waals surface area contributed by atoms with Crippen LogP contribution < -0.4 is 14.8 Å². The Labute approximate surface area is 215 Å². The van der Waals surface area contributed by atoms with Gasteiger partial charge in [-0.15, -0.1) is 0 Å². The van der Waals surface area contributed by atoms with Crippen molar-refractivity contribution in [3.8, 4) is 17.2 Å². The van der Waals surface area contributed by atoms with E-state index in [9.17, 15) is 19.7 Å². The monoisotopic (exact) mass is 518 g/mol. The summed E-state index contributed by atoms with van der Waals surface area (Å²) in [5.74, 6) is 1.75. The lowest BCUT2D eigenvalue weighted by Crippen LogP contribution is -2.47. The van der Waals surface area contributed by atoms with Crippen LogP contribution in [0.4, 0.5) is 0 Å². The van der Waals surface area contributed by atoms with Gasteiger partial charge in [-0.1, -0.05) is 32.4 Å². The Morgan fingerprint density at radius 1 is 1.03 bits per heavy atom. The van der Waals surface area contributed by atoms with Crippen molar-refractivity contribution in [2.75, 3.05) is 19.8 Å². The van der Waals surface area contributed by atoms with Crippen molar-refractivity contribution in [1.29, 1.82) is 0 Å². The number of aromatic hydroxyl groups is 1. The molecule has 0 aromatic heterocycles. The first-order chi connectivity index (χ1) is 17.0. The number of aliphatic hydroxyl groups excluding tert-OH is 1. The van der Waals surface area contributed by atoms with E-state index in [0.29, 0.717) is 18.0 Å². The average molecular weight is 519 g/mol. The third-order valence-electron chi connectivity index (χ3n) is 7.47. The third-order valence-corrected chi connectivity index (χ3v) is 9.19. The zero-order chi connectivity index (χ0) is 26.3. The van der Waals surface area contributed by atoms with Crippen molar-refractivity contribution in [2.45, 2.75) is 70.2 Å². The molecule has 2 aromatic rings. The van der Waals surface area contributed by atoms with E-state index < -0.39 is 19.3 Å². The van der Waals surface area contributed by atoms with Crippen LogP contribution in [0.2, 0.25) is 0 Å². The lowest BCUT2D eigenvalue weighted by molar-refractivity contribution is 0.0988. The summed E-state index contributed by atoms with van der Waals surface area (Å²) < 4.78 is 24.0. The fourth-order valence-corrected chi connectivity index (χ4v) is 6.28. The van der Waals surface area contributed by atoms with Crippen LogP contribution in [0.3, 0.4) is 0 Å². The molecule has 1 aliphatic carbocycles. The van der Waals surface area contributed by atoms with Gasteiger partial charge in [0, 0.05) is 23.9 Å². The summed E-state index contributed by atoms with van der Waals surface area (Å²) in [4.78, 5) is 10.2. The van der Waals surface area contributed by atoms with Crippen molar-refractivity contribution in [3.05, 3.63) is 54.1 Å². The van der Waals surface area contributed by atoms with Gasteiger partial charge in [0.25, 0.3) is 0 Å². The minimum absolute atomic E-state index is 0.142. The first kappa shape index (κ1) is 28.4. The summed E-state index contributed by atoms with van der Waals surface area (Å²) in [6, 6.07) is 14.3. The number of rotatable bonds is 12. The van der Waals surface area contributed by atoms with Crippen LogP contribution in [0.25, 0.3) is 0 Å². The lowest BCUT2D eigenvalue weighted by atomic mass is 9.73. The number of phenols is 1. The van der Waals surface area contributed by atoms with Crippen molar-refractivity contribution >= 4 is 8.03 Å². The number of phenolic OH excluding ortho intramolecular Hbond substituents is 1. The van der Waals surface area contributed by atoms with E-state index in [1.165, 1.54) is 0 Å². The van der Waals surface area contributed by atoms with Gasteiger partial charge in [-0.3, -0.25) is 0 Å². The molecule has 1 saturated carbocycles. The zero-order valence-electron chi connectivity index (χ0n) is 21.8. The highest BCUT2D eigenvalue weighted by atomic mass is 31.1. The van der Waals surface area contributed by atoms with Gasteiger partial charge < -0.3 is 25.0 Å². The van der Waals surface area contributed by atoms with E-state index in [1.54, 1.807) is 24.3 Å². The maximum atomic E-state index is 12.4. The number of hydrogen-bond donors (Lipinski definition) is 4. The van der Waals surface area contributed by atoms with Gasteiger partial charge in [-0.25, -0.2) is 0 Å². The van der Waals surface area contributed by atoms with Crippen molar-refractivity contribution in [2.24, 2.45) is 11.8 Å². The normalized spacial score (nSPS) is 23.7. The average Bonchev–Trinajstić information content (AvgIpc) is 2.83. The topological polar surface area (TPSA) is 108 Å². The molecule has 3 rings (SSSR count). The first-order valence-corrected chi connectivity index (χ1v) is 14.0. The van der Waals surface area contributed by atoms with Crippen molar-refractivity contribution < 1.29 is 29.1 Å². The van der Waals surface area contributed by atoms with Gasteiger partial charge in [0.2, 0.25) is 5.16 Å². The molecule has 0 bridgehead atoms. The molecule has 4 unspecified atom stereocenters. The van der Waals surface area contributed by atoms with Crippen molar-refractivity contribution in [3.63, 3.8) is 0 Å². The van der Waals surface area contributed by atoms with Gasteiger partial charge in [0.05, 0.1) is 0 Å². The second-order valence-corrected chi connectivity index (χ2v) is 12.2. The predicted molar refractivity (Wildman–Crippen MR) is 142 cm³/mol. The quantitative estimate of drug-likeness (QED) is 0.291. The summed E-state index contributed by atoms with van der Waals surface area (Å²) in [7, 11) is -2.35. The van der Waals surface area contributed by atoms with E-state index in [0.717, 1.165) is 31.2 Å². The molecule has 4 atom stereocenters. The lowest BCUT2D eigenvalue weighted by Gasteiger charge is -2.37. The molecular weight excluding hydrogens is 477 g/mol. The van der Waals surface area contributed by atoms with Crippen LogP contribution in [0.5, 0.6) is 17.2 Å². The molecule has 0 saturated heterocycles. The van der Waals surface area contributed by atoms with Crippen LogP contribution in [-0.2, 0) is 11.0 Å². The van der Waals surface area contributed by atoms with Crippen LogP contribution in [0, 0.1) is 11.8 Å². The number of aliphatic hydroxyl groups is 1. The third kappa shape index (κ3) is 7.42. The molecular formula is C28H41NO6P+. The Balaban J connectivity index is 1.48. The highest BCUT2D eigenvalue weighted by Crippen LogP contribution is 2.53. The molecule has 0 amide bonds. The molecule has 1 aliphatic rings. The van der Waals surface area contributed by atoms with Crippen LogP contribution in [0.15, 0.2) is 48.5 Å². The van der Waals surface area contributed by atoms with E-state index >= 15 is 0 Å². The largest absolute Gasteiger partial charge is 0.516 e. The molecule has 2 aromatic carbocycles. The second kappa shape index (κ2) is 12.4. The van der Waals surface area contributed by atoms with E-state index in [-0.39, 0.29) is 36.3 Å². The second-order valence-electron chi connectivity index (χ2n) is 10.8. The Morgan fingerprint density at radius 3 is 2.17 bits per heavy atom. The molecule has 0 spiro atoms. The minimum Gasteiger partial charge on any atom is -0.508 e. The van der Waals surface area contributed by atoms with E-state index in [4.69, 9.17) is 9.47 Å². The smallest absolute Gasteiger partial charge is 0.508 e. The van der Waals surface area contributed by atoms with E-state index in [1.807, 2.05) is 24.3 Å². The molecule has 7 nitrogen and oxygen atoms in total. The number of nitrogens with one attached hydrogen (secondary N) is 1. The summed E-state index contributed by atoms with van der Waals surface area (Å²) >= 11 is 0. The molecule has 0 aliphatic heterocycles.